The molecule has 138 valence electrons. The topological polar surface area (TPSA) is 88.0 Å². The monoisotopic (exact) mass is 386 g/mol. The number of amidine groups is 1. The molecule has 1 aliphatic heterocycles. The van der Waals surface area contributed by atoms with Crippen molar-refractivity contribution in [2.24, 2.45) is 4.99 Å². The maximum absolute atomic E-state index is 12.9. The molecule has 27 heavy (non-hydrogen) atoms. The largest absolute Gasteiger partial charge is 0.479 e. The summed E-state index contributed by atoms with van der Waals surface area (Å²) in [4.78, 5) is 27.6. The number of halogens is 1. The average molecular weight is 386 g/mol. The third-order valence-electron chi connectivity index (χ3n) is 3.55. The first kappa shape index (κ1) is 18.7. The van der Waals surface area contributed by atoms with E-state index < -0.39 is 12.1 Å². The molecule has 2 aromatic rings. The van der Waals surface area contributed by atoms with Crippen molar-refractivity contribution in [3.05, 3.63) is 64.8 Å². The van der Waals surface area contributed by atoms with Crippen LogP contribution in [0.5, 0.6) is 5.75 Å². The second kappa shape index (κ2) is 8.05. The van der Waals surface area contributed by atoms with Crippen molar-refractivity contribution in [3.8, 4) is 5.75 Å². The molecule has 3 rings (SSSR count). The van der Waals surface area contributed by atoms with Gasteiger partial charge in [0.2, 0.25) is 0 Å². The van der Waals surface area contributed by atoms with E-state index in [9.17, 15) is 14.0 Å². The molecule has 1 atom stereocenters. The highest BCUT2D eigenvalue weighted by Gasteiger charge is 2.23. The van der Waals surface area contributed by atoms with Crippen LogP contribution in [0, 0.1) is 5.82 Å². The number of nitrogens with zero attached hydrogens (tertiary/aromatic N) is 1. The SMILES string of the molecule is C[C@@H](Oc1ccc(/C=C2\SC(=Nc3ccc(F)cc3)NC2=O)cc1)C(=O)O. The summed E-state index contributed by atoms with van der Waals surface area (Å²) in [6.45, 7) is 1.44. The zero-order valence-electron chi connectivity index (χ0n) is 14.2. The lowest BCUT2D eigenvalue weighted by atomic mass is 10.2. The summed E-state index contributed by atoms with van der Waals surface area (Å²) >= 11 is 1.18. The summed E-state index contributed by atoms with van der Waals surface area (Å²) in [6.07, 6.45) is 0.744. The van der Waals surface area contributed by atoms with Crippen molar-refractivity contribution >= 4 is 40.6 Å². The summed E-state index contributed by atoms with van der Waals surface area (Å²) in [5, 5.41) is 11.9. The molecular formula is C19H15FN2O4S. The Hall–Kier alpha value is -3.13. The zero-order valence-corrected chi connectivity index (χ0v) is 15.0. The number of carbonyl (C=O) groups is 2. The third kappa shape index (κ3) is 4.95. The quantitative estimate of drug-likeness (QED) is 0.767. The van der Waals surface area contributed by atoms with E-state index in [0.29, 0.717) is 21.5 Å². The van der Waals surface area contributed by atoms with Gasteiger partial charge in [0.05, 0.1) is 10.6 Å². The first-order valence-electron chi connectivity index (χ1n) is 7.95. The van der Waals surface area contributed by atoms with E-state index >= 15 is 0 Å². The van der Waals surface area contributed by atoms with Gasteiger partial charge in [-0.3, -0.25) is 4.79 Å². The van der Waals surface area contributed by atoms with Crippen LogP contribution in [0.15, 0.2) is 58.4 Å². The number of nitrogens with one attached hydrogen (secondary N) is 1. The van der Waals surface area contributed by atoms with Crippen molar-refractivity contribution in [1.82, 2.24) is 5.32 Å². The Labute approximate surface area is 158 Å². The molecule has 6 nitrogen and oxygen atoms in total. The summed E-state index contributed by atoms with van der Waals surface area (Å²) in [7, 11) is 0. The number of aliphatic carboxylic acids is 1. The van der Waals surface area contributed by atoms with Crippen LogP contribution in [0.1, 0.15) is 12.5 Å². The van der Waals surface area contributed by atoms with E-state index in [1.165, 1.54) is 43.0 Å². The summed E-state index contributed by atoms with van der Waals surface area (Å²) in [5.41, 5.74) is 1.29. The molecule has 0 radical (unpaired) electrons. The molecule has 0 aliphatic carbocycles. The predicted molar refractivity (Wildman–Crippen MR) is 101 cm³/mol. The molecular weight excluding hydrogens is 371 g/mol. The van der Waals surface area contributed by atoms with Gasteiger partial charge in [-0.2, -0.15) is 0 Å². The normalized spacial score (nSPS) is 17.8. The highest BCUT2D eigenvalue weighted by Crippen LogP contribution is 2.28. The number of carboxylic acids is 1. The number of ether oxygens (including phenoxy) is 1. The Morgan fingerprint density at radius 1 is 1.22 bits per heavy atom. The van der Waals surface area contributed by atoms with Crippen molar-refractivity contribution < 1.29 is 23.8 Å². The minimum absolute atomic E-state index is 0.277. The Morgan fingerprint density at radius 2 is 1.89 bits per heavy atom. The molecule has 8 heteroatoms. The molecule has 0 saturated carbocycles. The van der Waals surface area contributed by atoms with Crippen molar-refractivity contribution in [1.29, 1.82) is 0 Å². The first-order valence-corrected chi connectivity index (χ1v) is 8.77. The Kier molecular flexibility index (Phi) is 5.56. The minimum atomic E-state index is -1.05. The molecule has 1 amide bonds. The molecule has 1 heterocycles. The van der Waals surface area contributed by atoms with Crippen LogP contribution in [-0.2, 0) is 9.59 Å². The second-order valence-electron chi connectivity index (χ2n) is 5.63. The Balaban J connectivity index is 1.70. The van der Waals surface area contributed by atoms with Crippen molar-refractivity contribution in [3.63, 3.8) is 0 Å². The van der Waals surface area contributed by atoms with Crippen molar-refractivity contribution in [2.75, 3.05) is 0 Å². The maximum Gasteiger partial charge on any atom is 0.344 e. The summed E-state index contributed by atoms with van der Waals surface area (Å²) in [5.74, 6) is -1.25. The molecule has 0 bridgehead atoms. The molecule has 0 aromatic heterocycles. The van der Waals surface area contributed by atoms with Gasteiger partial charge < -0.3 is 15.2 Å². The van der Waals surface area contributed by atoms with Crippen LogP contribution in [0.25, 0.3) is 6.08 Å². The lowest BCUT2D eigenvalue weighted by molar-refractivity contribution is -0.144. The van der Waals surface area contributed by atoms with Crippen LogP contribution in [0.3, 0.4) is 0 Å². The maximum atomic E-state index is 12.9. The van der Waals surface area contributed by atoms with E-state index in [1.807, 2.05) is 0 Å². The highest BCUT2D eigenvalue weighted by atomic mass is 32.2. The van der Waals surface area contributed by atoms with Crippen LogP contribution in [0.2, 0.25) is 0 Å². The fraction of sp³-hybridized carbons (Fsp3) is 0.105. The van der Waals surface area contributed by atoms with E-state index in [0.717, 1.165) is 5.56 Å². The highest BCUT2D eigenvalue weighted by molar-refractivity contribution is 8.18. The molecule has 0 spiro atoms. The predicted octanol–water partition coefficient (Wildman–Crippen LogP) is 3.57. The van der Waals surface area contributed by atoms with Crippen LogP contribution in [0.4, 0.5) is 10.1 Å². The molecule has 1 fully saturated rings. The number of hydrogen-bond acceptors (Lipinski definition) is 5. The van der Waals surface area contributed by atoms with Gasteiger partial charge in [0.25, 0.3) is 5.91 Å². The van der Waals surface area contributed by atoms with Crippen LogP contribution < -0.4 is 10.1 Å². The van der Waals surface area contributed by atoms with Gasteiger partial charge in [-0.1, -0.05) is 12.1 Å². The standard InChI is InChI=1S/C19H15FN2O4S/c1-11(18(24)25)26-15-8-2-12(3-9-15)10-16-17(23)22-19(27-16)21-14-6-4-13(20)5-7-14/h2-11H,1H3,(H,24,25)(H,21,22,23)/b16-10-/t11-/m1/s1. The van der Waals surface area contributed by atoms with Gasteiger partial charge in [0.15, 0.2) is 11.3 Å². The van der Waals surface area contributed by atoms with E-state index in [1.54, 1.807) is 30.3 Å². The van der Waals surface area contributed by atoms with Gasteiger partial charge in [-0.05, 0) is 66.7 Å². The lowest BCUT2D eigenvalue weighted by Crippen LogP contribution is -2.22. The van der Waals surface area contributed by atoms with E-state index in [2.05, 4.69) is 10.3 Å². The number of carboxylic acid groups (broad SMARTS) is 1. The molecule has 2 aromatic carbocycles. The third-order valence-corrected chi connectivity index (χ3v) is 4.46. The number of amides is 1. The van der Waals surface area contributed by atoms with Gasteiger partial charge in [0, 0.05) is 0 Å². The van der Waals surface area contributed by atoms with Gasteiger partial charge in [-0.25, -0.2) is 14.2 Å². The molecule has 2 N–H and O–H groups in total. The number of aliphatic imine (C=N–C) groups is 1. The number of hydrogen-bond donors (Lipinski definition) is 2. The molecule has 1 saturated heterocycles. The van der Waals surface area contributed by atoms with Crippen LogP contribution >= 0.6 is 11.8 Å². The minimum Gasteiger partial charge on any atom is -0.479 e. The van der Waals surface area contributed by atoms with Crippen molar-refractivity contribution in [2.45, 2.75) is 13.0 Å². The number of benzene rings is 2. The Bertz CT molecular complexity index is 924. The van der Waals surface area contributed by atoms with Gasteiger partial charge >= 0.3 is 5.97 Å². The van der Waals surface area contributed by atoms with E-state index in [4.69, 9.17) is 9.84 Å². The smallest absolute Gasteiger partial charge is 0.344 e. The van der Waals surface area contributed by atoms with Gasteiger partial charge in [0.1, 0.15) is 11.6 Å². The average Bonchev–Trinajstić information content (AvgIpc) is 2.97. The van der Waals surface area contributed by atoms with E-state index in [-0.39, 0.29) is 11.7 Å². The number of carbonyl (C=O) groups excluding carboxylic acids is 1. The molecule has 0 unspecified atom stereocenters. The number of rotatable bonds is 5. The fourth-order valence-corrected chi connectivity index (χ4v) is 3.00. The van der Waals surface area contributed by atoms with Crippen LogP contribution in [-0.4, -0.2) is 28.3 Å². The zero-order chi connectivity index (χ0) is 19.4. The second-order valence-corrected chi connectivity index (χ2v) is 6.66. The lowest BCUT2D eigenvalue weighted by Gasteiger charge is -2.10. The fourth-order valence-electron chi connectivity index (χ4n) is 2.16. The Morgan fingerprint density at radius 3 is 2.52 bits per heavy atom. The summed E-state index contributed by atoms with van der Waals surface area (Å²) in [6, 6.07) is 12.4. The number of thioether (sulfide) groups is 1. The summed E-state index contributed by atoms with van der Waals surface area (Å²) < 4.78 is 18.2. The first-order chi connectivity index (χ1) is 12.9. The molecule has 1 aliphatic rings. The van der Waals surface area contributed by atoms with Gasteiger partial charge in [-0.15, -0.1) is 0 Å².